The minimum Gasteiger partial charge on any atom is -0.393 e. The first kappa shape index (κ1) is 24.2. The molecule has 0 aliphatic heterocycles. The van der Waals surface area contributed by atoms with E-state index >= 15 is 0 Å². The van der Waals surface area contributed by atoms with E-state index in [4.69, 9.17) is 0 Å². The highest BCUT2D eigenvalue weighted by molar-refractivity contribution is 6.91. The van der Waals surface area contributed by atoms with E-state index in [0.29, 0.717) is 0 Å². The molecule has 3 rings (SSSR count). The van der Waals surface area contributed by atoms with Gasteiger partial charge < -0.3 is 10.2 Å². The van der Waals surface area contributed by atoms with Crippen LogP contribution >= 0.6 is 0 Å². The summed E-state index contributed by atoms with van der Waals surface area (Å²) in [5.41, 5.74) is 0. The van der Waals surface area contributed by atoms with Gasteiger partial charge in [0.15, 0.2) is 0 Å². The summed E-state index contributed by atoms with van der Waals surface area (Å²) in [6.07, 6.45) is 11.6. The Labute approximate surface area is 187 Å². The summed E-state index contributed by atoms with van der Waals surface area (Å²) in [6.45, 7) is 10.1. The molecule has 2 aliphatic carbocycles. The van der Waals surface area contributed by atoms with Gasteiger partial charge in [-0.05, 0) is 50.4 Å². The molecule has 0 amide bonds. The van der Waals surface area contributed by atoms with E-state index in [0.717, 1.165) is 37.5 Å². The second kappa shape index (κ2) is 10.5. The van der Waals surface area contributed by atoms with Crippen LogP contribution in [-0.4, -0.2) is 38.6 Å². The van der Waals surface area contributed by atoms with Gasteiger partial charge in [-0.25, -0.2) is 0 Å². The van der Waals surface area contributed by atoms with Crippen molar-refractivity contribution in [1.29, 1.82) is 0 Å². The van der Waals surface area contributed by atoms with Crippen LogP contribution in [-0.2, 0) is 0 Å². The number of hydrogen-bond donors (Lipinski definition) is 2. The Morgan fingerprint density at radius 3 is 1.67 bits per heavy atom. The van der Waals surface area contributed by atoms with Crippen molar-refractivity contribution in [2.75, 3.05) is 0 Å². The van der Waals surface area contributed by atoms with Crippen LogP contribution in [0.15, 0.2) is 24.3 Å². The molecule has 2 saturated carbocycles. The maximum absolute atomic E-state index is 9.98. The highest BCUT2D eigenvalue weighted by atomic mass is 28.3. The first-order valence-corrected chi connectivity index (χ1v) is 19.0. The summed E-state index contributed by atoms with van der Waals surface area (Å²) >= 11 is 0. The van der Waals surface area contributed by atoms with Crippen LogP contribution < -0.4 is 10.4 Å². The van der Waals surface area contributed by atoms with Crippen LogP contribution in [0.2, 0.25) is 38.3 Å². The summed E-state index contributed by atoms with van der Waals surface area (Å²) in [4.78, 5) is 0. The molecule has 0 saturated heterocycles. The molecule has 30 heavy (non-hydrogen) atoms. The van der Waals surface area contributed by atoms with Gasteiger partial charge in [0.2, 0.25) is 0 Å². The molecule has 0 spiro atoms. The molecular formula is C26H46O2Si2. The van der Waals surface area contributed by atoms with Crippen LogP contribution in [0.4, 0.5) is 0 Å². The third-order valence-electron chi connectivity index (χ3n) is 8.37. The Bertz CT molecular complexity index is 648. The zero-order valence-electron chi connectivity index (χ0n) is 20.0. The molecule has 2 unspecified atom stereocenters. The Balaban J connectivity index is 1.53. The molecule has 0 aromatic heterocycles. The first-order valence-electron chi connectivity index (χ1n) is 12.6. The predicted octanol–water partition coefficient (Wildman–Crippen LogP) is 5.40. The molecule has 2 aliphatic rings. The van der Waals surface area contributed by atoms with Crippen molar-refractivity contribution in [1.82, 2.24) is 0 Å². The Morgan fingerprint density at radius 2 is 1.17 bits per heavy atom. The molecule has 170 valence electrons. The van der Waals surface area contributed by atoms with Crippen molar-refractivity contribution in [3.05, 3.63) is 24.3 Å². The molecular weight excluding hydrogens is 400 g/mol. The van der Waals surface area contributed by atoms with Gasteiger partial charge >= 0.3 is 0 Å². The lowest BCUT2D eigenvalue weighted by Crippen LogP contribution is -2.45. The van der Waals surface area contributed by atoms with Gasteiger partial charge in [-0.1, -0.05) is 98.6 Å². The third-order valence-corrected chi connectivity index (χ3v) is 15.2. The highest BCUT2D eigenvalue weighted by Gasteiger charge is 2.29. The maximum atomic E-state index is 9.98. The Hall–Kier alpha value is -0.426. The molecule has 2 N–H and O–H groups in total. The van der Waals surface area contributed by atoms with Crippen LogP contribution in [0.25, 0.3) is 0 Å². The van der Waals surface area contributed by atoms with E-state index in [1.165, 1.54) is 50.6 Å². The van der Waals surface area contributed by atoms with Crippen LogP contribution in [0.1, 0.15) is 64.2 Å². The molecule has 2 fully saturated rings. The zero-order valence-corrected chi connectivity index (χ0v) is 22.0. The molecule has 4 heteroatoms. The fraction of sp³-hybridized carbons (Fsp3) is 0.769. The van der Waals surface area contributed by atoms with E-state index in [-0.39, 0.29) is 12.2 Å². The maximum Gasteiger partial charge on any atom is 0.0806 e. The number of aliphatic hydroxyl groups excluding tert-OH is 2. The van der Waals surface area contributed by atoms with Crippen LogP contribution in [0.3, 0.4) is 0 Å². The second-order valence-electron chi connectivity index (χ2n) is 11.8. The molecule has 1 aromatic rings. The van der Waals surface area contributed by atoms with Gasteiger partial charge in [-0.2, -0.15) is 0 Å². The largest absolute Gasteiger partial charge is 0.393 e. The van der Waals surface area contributed by atoms with Gasteiger partial charge in [0.25, 0.3) is 0 Å². The number of aliphatic hydroxyl groups is 2. The van der Waals surface area contributed by atoms with E-state index in [2.05, 4.69) is 50.5 Å². The van der Waals surface area contributed by atoms with E-state index < -0.39 is 16.1 Å². The number of hydrogen-bond acceptors (Lipinski definition) is 2. The van der Waals surface area contributed by atoms with Crippen molar-refractivity contribution in [3.8, 4) is 0 Å². The zero-order chi connectivity index (χ0) is 21.8. The van der Waals surface area contributed by atoms with Gasteiger partial charge in [0.05, 0.1) is 28.4 Å². The molecule has 1 aromatic carbocycles. The summed E-state index contributed by atoms with van der Waals surface area (Å²) in [7, 11) is -2.80. The van der Waals surface area contributed by atoms with Gasteiger partial charge in [0.1, 0.15) is 0 Å². The van der Waals surface area contributed by atoms with Crippen LogP contribution in [0.5, 0.6) is 0 Å². The van der Waals surface area contributed by atoms with Crippen molar-refractivity contribution in [2.24, 2.45) is 11.8 Å². The van der Waals surface area contributed by atoms with Crippen molar-refractivity contribution in [2.45, 2.75) is 115 Å². The van der Waals surface area contributed by atoms with Gasteiger partial charge in [0, 0.05) is 0 Å². The number of benzene rings is 1. The molecule has 2 atom stereocenters. The summed E-state index contributed by atoms with van der Waals surface area (Å²) in [6, 6.07) is 12.6. The first-order chi connectivity index (χ1) is 14.2. The van der Waals surface area contributed by atoms with E-state index in [9.17, 15) is 10.2 Å². The van der Waals surface area contributed by atoms with E-state index in [1.807, 2.05) is 0 Å². The predicted molar refractivity (Wildman–Crippen MR) is 135 cm³/mol. The third kappa shape index (κ3) is 6.78. The van der Waals surface area contributed by atoms with Crippen molar-refractivity contribution in [3.63, 3.8) is 0 Å². The SMILES string of the molecule is C[Si](C)(CCC1CCC(O)CC1)c1ccc([Si](C)(C)CCC2CCCC(O)C2)cc1. The lowest BCUT2D eigenvalue weighted by atomic mass is 9.86. The minimum absolute atomic E-state index is 0.0326. The molecule has 0 radical (unpaired) electrons. The summed E-state index contributed by atoms with van der Waals surface area (Å²) in [5.74, 6) is 1.58. The summed E-state index contributed by atoms with van der Waals surface area (Å²) < 4.78 is 0. The molecule has 2 nitrogen and oxygen atoms in total. The lowest BCUT2D eigenvalue weighted by molar-refractivity contribution is 0.0997. The normalized spacial score (nSPS) is 28.5. The Morgan fingerprint density at radius 1 is 0.667 bits per heavy atom. The second-order valence-corrected chi connectivity index (χ2v) is 21.5. The van der Waals surface area contributed by atoms with Gasteiger partial charge in [-0.3, -0.25) is 0 Å². The fourth-order valence-corrected chi connectivity index (χ4v) is 10.7. The average Bonchev–Trinajstić information content (AvgIpc) is 2.72. The lowest BCUT2D eigenvalue weighted by Gasteiger charge is -2.31. The minimum atomic E-state index is -1.41. The van der Waals surface area contributed by atoms with Crippen LogP contribution in [0, 0.1) is 11.8 Å². The van der Waals surface area contributed by atoms with Gasteiger partial charge in [-0.15, -0.1) is 0 Å². The molecule has 0 bridgehead atoms. The quantitative estimate of drug-likeness (QED) is 0.525. The van der Waals surface area contributed by atoms with Crippen molar-refractivity contribution < 1.29 is 10.2 Å². The topological polar surface area (TPSA) is 40.5 Å². The monoisotopic (exact) mass is 446 g/mol. The number of rotatable bonds is 8. The standard InChI is InChI=1S/C26H46O2Si2/c1-29(2,18-16-21-8-10-23(27)11-9-21)25-12-14-26(15-13-25)30(3,4)19-17-22-6-5-7-24(28)20-22/h12-15,21-24,27-28H,5-11,16-20H2,1-4H3. The summed E-state index contributed by atoms with van der Waals surface area (Å²) in [5, 5.41) is 22.9. The smallest absolute Gasteiger partial charge is 0.0806 e. The fourth-order valence-electron chi connectivity index (χ4n) is 5.75. The highest BCUT2D eigenvalue weighted by Crippen LogP contribution is 2.31. The Kier molecular flexibility index (Phi) is 8.44. The average molecular weight is 447 g/mol. The van der Waals surface area contributed by atoms with E-state index in [1.54, 1.807) is 10.4 Å². The molecule has 0 heterocycles. The van der Waals surface area contributed by atoms with Crippen molar-refractivity contribution >= 4 is 26.5 Å².